The van der Waals surface area contributed by atoms with Gasteiger partial charge in [0.15, 0.2) is 0 Å². The van der Waals surface area contributed by atoms with Crippen LogP contribution in [0, 0.1) is 27.1 Å². The van der Waals surface area contributed by atoms with E-state index in [0.717, 1.165) is 30.7 Å². The molecule has 0 spiro atoms. The summed E-state index contributed by atoms with van der Waals surface area (Å²) in [5.41, 5.74) is 7.38. The van der Waals surface area contributed by atoms with Gasteiger partial charge >= 0.3 is 0 Å². The molecule has 0 fully saturated rings. The molecule has 1 N–H and O–H groups in total. The molecule has 370 valence electrons. The lowest BCUT2D eigenvalue weighted by Crippen LogP contribution is -2.09. The van der Waals surface area contributed by atoms with Gasteiger partial charge in [-0.25, -0.2) is 0 Å². The topological polar surface area (TPSA) is 80.5 Å². The summed E-state index contributed by atoms with van der Waals surface area (Å²) in [5, 5.41) is 7.64. The summed E-state index contributed by atoms with van der Waals surface area (Å²) in [6, 6.07) is 21.0. The number of aromatic amines is 1. The number of aryl methyl sites for hydroxylation is 1. The van der Waals surface area contributed by atoms with Crippen molar-refractivity contribution in [3.8, 4) is 0 Å². The Balaban J connectivity index is 0.000000415. The zero-order valence-corrected chi connectivity index (χ0v) is 45.7. The minimum absolute atomic E-state index is 0.331. The summed E-state index contributed by atoms with van der Waals surface area (Å²) in [7, 11) is 0. The van der Waals surface area contributed by atoms with Crippen molar-refractivity contribution in [1.82, 2.24) is 25.1 Å². The third-order valence-corrected chi connectivity index (χ3v) is 11.3. The molecule has 3 atom stereocenters. The number of H-pyrrole nitrogens is 1. The summed E-state index contributed by atoms with van der Waals surface area (Å²) in [6.45, 7) is 41.0. The van der Waals surface area contributed by atoms with E-state index in [1.807, 2.05) is 30.7 Å². The highest BCUT2D eigenvalue weighted by Gasteiger charge is 2.18. The average Bonchev–Trinajstić information content (AvgIpc) is 3.96. The molecule has 5 aromatic rings. The number of hydrogen-bond donors (Lipinski definition) is 1. The highest BCUT2D eigenvalue weighted by molar-refractivity contribution is 5.19. The van der Waals surface area contributed by atoms with Crippen LogP contribution < -0.4 is 0 Å². The van der Waals surface area contributed by atoms with E-state index < -0.39 is 0 Å². The fraction of sp³-hybridized carbons (Fsp3) is 0.633. The van der Waals surface area contributed by atoms with Gasteiger partial charge < -0.3 is 9.40 Å². The van der Waals surface area contributed by atoms with Crippen molar-refractivity contribution < 1.29 is 4.42 Å². The molecule has 0 aliphatic rings. The van der Waals surface area contributed by atoms with E-state index in [2.05, 4.69) is 198 Å². The predicted molar refractivity (Wildman–Crippen MR) is 286 cm³/mol. The largest absolute Gasteiger partial charge is 0.469 e. The molecule has 0 amide bonds. The van der Waals surface area contributed by atoms with Gasteiger partial charge in [0.25, 0.3) is 0 Å². The van der Waals surface area contributed by atoms with Crippen molar-refractivity contribution in [2.45, 2.75) is 219 Å². The highest BCUT2D eigenvalue weighted by Crippen LogP contribution is 2.32. The standard InChI is InChI=1S/2C13H22N2.C13H20.C12H21N.C9H14O/c1-13(2,3)9-6-4-5-7-12-8-10-14-15-11-12;1-5-11(6-7-13(2,3)4)12-10-14-8-9-15-12;1-11(10-13(2,3)4)12-8-6-5-7-9-12;1-10(7-8-12(2,3)4)11-6-5-9-13-11;1-9(2,3)7-8-5-4-6-10-8/h8,10-11H,4-7,9H2,1-3H3;8-11H,5-7H2,1-4H3;5-9,11H,10H2,1-4H3;5-6,9-10,13H,7-8H2,1-4H3;4-6H,7H2,1-3H3. The molecule has 6 heteroatoms. The first-order valence-electron chi connectivity index (χ1n) is 25.4. The number of nitrogens with one attached hydrogen (secondary N) is 1. The highest BCUT2D eigenvalue weighted by atomic mass is 16.3. The molecule has 0 aliphatic carbocycles. The van der Waals surface area contributed by atoms with Crippen molar-refractivity contribution in [3.05, 3.63) is 132 Å². The number of rotatable bonds is 15. The van der Waals surface area contributed by atoms with Crippen molar-refractivity contribution in [3.63, 3.8) is 0 Å². The minimum Gasteiger partial charge on any atom is -0.469 e. The van der Waals surface area contributed by atoms with Gasteiger partial charge in [0.05, 0.1) is 18.2 Å². The van der Waals surface area contributed by atoms with Crippen LogP contribution in [0.2, 0.25) is 0 Å². The van der Waals surface area contributed by atoms with Crippen LogP contribution in [0.3, 0.4) is 0 Å². The molecule has 4 heterocycles. The Morgan fingerprint density at radius 3 is 1.71 bits per heavy atom. The molecule has 6 nitrogen and oxygen atoms in total. The van der Waals surface area contributed by atoms with Crippen LogP contribution in [0.1, 0.15) is 235 Å². The molecule has 5 rings (SSSR count). The van der Waals surface area contributed by atoms with Gasteiger partial charge in [0.1, 0.15) is 5.76 Å². The van der Waals surface area contributed by atoms with Crippen LogP contribution in [0.15, 0.2) is 109 Å². The SMILES string of the molecule is CC(C)(C)CCCCCc1ccnnc1.CC(C)(C)Cc1ccco1.CC(CC(C)(C)C)c1ccccc1.CC(CCC(C)(C)C)c1ccc[nH]1.CCC(CCC(C)(C)C)c1cnccn1. The molecule has 3 unspecified atom stereocenters. The fourth-order valence-corrected chi connectivity index (χ4v) is 7.53. The number of hydrogen-bond acceptors (Lipinski definition) is 5. The first kappa shape index (κ1) is 60.0. The van der Waals surface area contributed by atoms with Crippen LogP contribution in [0.4, 0.5) is 0 Å². The van der Waals surface area contributed by atoms with Gasteiger partial charge in [-0.3, -0.25) is 9.97 Å². The number of benzene rings is 1. The maximum absolute atomic E-state index is 5.21. The molecular weight excluding hydrogens is 807 g/mol. The average molecular weight is 906 g/mol. The normalized spacial score (nSPS) is 13.2. The van der Waals surface area contributed by atoms with Gasteiger partial charge in [-0.1, -0.05) is 168 Å². The van der Waals surface area contributed by atoms with Gasteiger partial charge in [0, 0.05) is 49.0 Å². The van der Waals surface area contributed by atoms with Gasteiger partial charge in [-0.15, -0.1) is 0 Å². The zero-order chi connectivity index (χ0) is 49.9. The second-order valence-electron chi connectivity index (χ2n) is 24.7. The maximum Gasteiger partial charge on any atom is 0.104 e. The van der Waals surface area contributed by atoms with E-state index in [1.165, 1.54) is 74.6 Å². The molecule has 4 aromatic heterocycles. The van der Waals surface area contributed by atoms with E-state index >= 15 is 0 Å². The van der Waals surface area contributed by atoms with E-state index in [1.54, 1.807) is 24.9 Å². The Labute approximate surface area is 406 Å². The minimum atomic E-state index is 0.331. The lowest BCUT2D eigenvalue weighted by molar-refractivity contribution is 0.344. The lowest BCUT2D eigenvalue weighted by atomic mass is 9.82. The number of unbranched alkanes of at least 4 members (excludes halogenated alkanes) is 2. The number of nitrogens with zero attached hydrogens (tertiary/aromatic N) is 4. The Morgan fingerprint density at radius 1 is 0.576 bits per heavy atom. The first-order valence-corrected chi connectivity index (χ1v) is 25.4. The molecular formula is C60H99N5O. The molecule has 0 saturated carbocycles. The van der Waals surface area contributed by atoms with Crippen LogP contribution in [-0.4, -0.2) is 25.1 Å². The number of aromatic nitrogens is 5. The molecule has 1 aromatic carbocycles. The van der Waals surface area contributed by atoms with Crippen LogP contribution in [0.25, 0.3) is 0 Å². The third kappa shape index (κ3) is 33.4. The summed E-state index contributed by atoms with van der Waals surface area (Å²) in [6.07, 6.45) is 27.6. The third-order valence-electron chi connectivity index (χ3n) is 11.3. The van der Waals surface area contributed by atoms with E-state index in [-0.39, 0.29) is 0 Å². The summed E-state index contributed by atoms with van der Waals surface area (Å²) >= 11 is 0. The summed E-state index contributed by atoms with van der Waals surface area (Å²) < 4.78 is 5.21. The smallest absolute Gasteiger partial charge is 0.104 e. The second-order valence-corrected chi connectivity index (χ2v) is 24.7. The summed E-state index contributed by atoms with van der Waals surface area (Å²) in [4.78, 5) is 11.8. The van der Waals surface area contributed by atoms with Crippen molar-refractivity contribution >= 4 is 0 Å². The second kappa shape index (κ2) is 30.3. The van der Waals surface area contributed by atoms with Crippen LogP contribution in [0.5, 0.6) is 0 Å². The van der Waals surface area contributed by atoms with Gasteiger partial charge in [-0.2, -0.15) is 10.2 Å². The first-order chi connectivity index (χ1) is 30.7. The Hall–Kier alpha value is -4.06. The molecule has 0 bridgehead atoms. The van der Waals surface area contributed by atoms with Gasteiger partial charge in [0.2, 0.25) is 0 Å². The maximum atomic E-state index is 5.21. The van der Waals surface area contributed by atoms with Crippen molar-refractivity contribution in [1.29, 1.82) is 0 Å². The van der Waals surface area contributed by atoms with E-state index in [9.17, 15) is 0 Å². The molecule has 0 aliphatic heterocycles. The molecule has 66 heavy (non-hydrogen) atoms. The predicted octanol–water partition coefficient (Wildman–Crippen LogP) is 18.5. The Bertz CT molecular complexity index is 1840. The Morgan fingerprint density at radius 2 is 1.23 bits per heavy atom. The fourth-order valence-electron chi connectivity index (χ4n) is 7.53. The lowest BCUT2D eigenvalue weighted by Gasteiger charge is -2.23. The number of furan rings is 1. The Kier molecular flexibility index (Phi) is 27.6. The van der Waals surface area contributed by atoms with Crippen molar-refractivity contribution in [2.24, 2.45) is 27.1 Å². The zero-order valence-electron chi connectivity index (χ0n) is 45.7. The molecule has 0 radical (unpaired) electrons. The van der Waals surface area contributed by atoms with E-state index in [4.69, 9.17) is 4.42 Å². The molecule has 0 saturated heterocycles. The quantitative estimate of drug-likeness (QED) is 0.106. The van der Waals surface area contributed by atoms with Crippen LogP contribution >= 0.6 is 0 Å². The van der Waals surface area contributed by atoms with E-state index in [0.29, 0.717) is 44.8 Å². The van der Waals surface area contributed by atoms with Gasteiger partial charge in [-0.05, 0) is 138 Å². The summed E-state index contributed by atoms with van der Waals surface area (Å²) in [5.74, 6) is 2.97. The van der Waals surface area contributed by atoms with Crippen molar-refractivity contribution in [2.75, 3.05) is 0 Å². The van der Waals surface area contributed by atoms with Crippen LogP contribution in [-0.2, 0) is 12.8 Å². The monoisotopic (exact) mass is 906 g/mol.